The molecule has 0 amide bonds. The Labute approximate surface area is 89.3 Å². The van der Waals surface area contributed by atoms with E-state index in [1.54, 1.807) is 11.5 Å². The van der Waals surface area contributed by atoms with Gasteiger partial charge in [0.25, 0.3) is 0 Å². The quantitative estimate of drug-likeness (QED) is 0.894. The SMILES string of the molecule is CNCc1nsc2ccc(Br)cc12. The highest BCUT2D eigenvalue weighted by molar-refractivity contribution is 9.10. The van der Waals surface area contributed by atoms with Crippen LogP contribution >= 0.6 is 27.5 Å². The number of nitrogens with one attached hydrogen (secondary N) is 1. The molecule has 0 fully saturated rings. The van der Waals surface area contributed by atoms with Gasteiger partial charge in [0.15, 0.2) is 0 Å². The van der Waals surface area contributed by atoms with Crippen molar-refractivity contribution in [3.63, 3.8) is 0 Å². The smallest absolute Gasteiger partial charge is 0.0758 e. The maximum absolute atomic E-state index is 4.38. The molecule has 1 heterocycles. The molecule has 1 N–H and O–H groups in total. The molecule has 1 aromatic heterocycles. The van der Waals surface area contributed by atoms with E-state index in [1.165, 1.54) is 10.1 Å². The topological polar surface area (TPSA) is 24.9 Å². The van der Waals surface area contributed by atoms with Crippen LogP contribution in [0.1, 0.15) is 5.69 Å². The Morgan fingerprint density at radius 2 is 2.38 bits per heavy atom. The second-order valence-corrected chi connectivity index (χ2v) is 4.52. The number of rotatable bonds is 2. The van der Waals surface area contributed by atoms with E-state index in [-0.39, 0.29) is 0 Å². The van der Waals surface area contributed by atoms with Crippen molar-refractivity contribution in [2.24, 2.45) is 0 Å². The van der Waals surface area contributed by atoms with Crippen LogP contribution in [0.2, 0.25) is 0 Å². The number of halogens is 1. The first-order chi connectivity index (χ1) is 6.31. The number of fused-ring (bicyclic) bond motifs is 1. The van der Waals surface area contributed by atoms with Crippen LogP contribution in [0.3, 0.4) is 0 Å². The predicted octanol–water partition coefficient (Wildman–Crippen LogP) is 2.78. The molecule has 0 radical (unpaired) electrons. The molecule has 2 rings (SSSR count). The second kappa shape index (κ2) is 3.74. The number of benzene rings is 1. The molecule has 0 aliphatic rings. The van der Waals surface area contributed by atoms with Crippen LogP contribution in [-0.4, -0.2) is 11.4 Å². The van der Waals surface area contributed by atoms with Crippen LogP contribution in [0.25, 0.3) is 10.1 Å². The summed E-state index contributed by atoms with van der Waals surface area (Å²) < 4.78 is 6.74. The maximum Gasteiger partial charge on any atom is 0.0758 e. The third kappa shape index (κ3) is 1.75. The summed E-state index contributed by atoms with van der Waals surface area (Å²) in [5.41, 5.74) is 1.13. The third-order valence-corrected chi connectivity index (χ3v) is 3.21. The van der Waals surface area contributed by atoms with Crippen molar-refractivity contribution >= 4 is 37.5 Å². The van der Waals surface area contributed by atoms with Gasteiger partial charge in [-0.05, 0) is 36.8 Å². The summed E-state index contributed by atoms with van der Waals surface area (Å²) >= 11 is 5.01. The average Bonchev–Trinajstić information content (AvgIpc) is 2.49. The van der Waals surface area contributed by atoms with Gasteiger partial charge in [0, 0.05) is 16.4 Å². The number of hydrogen-bond donors (Lipinski definition) is 1. The van der Waals surface area contributed by atoms with Gasteiger partial charge in [-0.25, -0.2) is 0 Å². The molecule has 0 aliphatic heterocycles. The fourth-order valence-electron chi connectivity index (χ4n) is 1.26. The normalized spacial score (nSPS) is 10.9. The van der Waals surface area contributed by atoms with Crippen molar-refractivity contribution in [2.75, 3.05) is 7.05 Å². The lowest BCUT2D eigenvalue weighted by Crippen LogP contribution is -2.05. The lowest BCUT2D eigenvalue weighted by Gasteiger charge is -1.95. The van der Waals surface area contributed by atoms with Crippen LogP contribution < -0.4 is 5.32 Å². The van der Waals surface area contributed by atoms with Gasteiger partial charge in [0.1, 0.15) is 0 Å². The highest BCUT2D eigenvalue weighted by atomic mass is 79.9. The van der Waals surface area contributed by atoms with Crippen molar-refractivity contribution in [1.82, 2.24) is 9.69 Å². The summed E-state index contributed by atoms with van der Waals surface area (Å²) in [6.45, 7) is 0.830. The molecule has 0 spiro atoms. The zero-order chi connectivity index (χ0) is 9.26. The Bertz CT molecular complexity index is 424. The minimum atomic E-state index is 0.830. The van der Waals surface area contributed by atoms with E-state index in [0.717, 1.165) is 16.7 Å². The first-order valence-corrected chi connectivity index (χ1v) is 5.56. The zero-order valence-corrected chi connectivity index (χ0v) is 9.58. The second-order valence-electron chi connectivity index (χ2n) is 2.80. The standard InChI is InChI=1S/C9H9BrN2S/c1-11-5-8-7-4-6(10)2-3-9(7)13-12-8/h2-4,11H,5H2,1H3. The Hall–Kier alpha value is -0.450. The lowest BCUT2D eigenvalue weighted by atomic mass is 10.2. The van der Waals surface area contributed by atoms with Crippen LogP contribution in [0, 0.1) is 0 Å². The molecule has 1 aromatic carbocycles. The summed E-state index contributed by atoms with van der Waals surface area (Å²) in [7, 11) is 1.93. The highest BCUT2D eigenvalue weighted by Gasteiger charge is 2.04. The summed E-state index contributed by atoms with van der Waals surface area (Å²) in [6, 6.07) is 6.26. The Morgan fingerprint density at radius 3 is 3.15 bits per heavy atom. The Kier molecular flexibility index (Phi) is 2.62. The maximum atomic E-state index is 4.38. The molecule has 13 heavy (non-hydrogen) atoms. The molecule has 2 aromatic rings. The lowest BCUT2D eigenvalue weighted by molar-refractivity contribution is 0.808. The van der Waals surface area contributed by atoms with Gasteiger partial charge in [-0.2, -0.15) is 4.37 Å². The van der Waals surface area contributed by atoms with Crippen LogP contribution in [0.4, 0.5) is 0 Å². The molecule has 0 bridgehead atoms. The summed E-state index contributed by atoms with van der Waals surface area (Å²) in [5, 5.41) is 4.35. The molecular formula is C9H9BrN2S. The molecule has 0 unspecified atom stereocenters. The van der Waals surface area contributed by atoms with Crippen LogP contribution in [0.15, 0.2) is 22.7 Å². The van der Waals surface area contributed by atoms with Crippen LogP contribution in [0.5, 0.6) is 0 Å². The van der Waals surface area contributed by atoms with Crippen molar-refractivity contribution in [1.29, 1.82) is 0 Å². The minimum absolute atomic E-state index is 0.830. The first kappa shape index (κ1) is 9.12. The van der Waals surface area contributed by atoms with Crippen molar-refractivity contribution < 1.29 is 0 Å². The van der Waals surface area contributed by atoms with Gasteiger partial charge >= 0.3 is 0 Å². The van der Waals surface area contributed by atoms with Gasteiger partial charge in [-0.3, -0.25) is 0 Å². The fraction of sp³-hybridized carbons (Fsp3) is 0.222. The largest absolute Gasteiger partial charge is 0.314 e. The number of aromatic nitrogens is 1. The molecule has 4 heteroatoms. The van der Waals surface area contributed by atoms with E-state index in [1.807, 2.05) is 13.1 Å². The molecule has 68 valence electrons. The van der Waals surface area contributed by atoms with Gasteiger partial charge in [0.2, 0.25) is 0 Å². The van der Waals surface area contributed by atoms with Gasteiger partial charge < -0.3 is 5.32 Å². The van der Waals surface area contributed by atoms with Crippen molar-refractivity contribution in [2.45, 2.75) is 6.54 Å². The average molecular weight is 257 g/mol. The zero-order valence-electron chi connectivity index (χ0n) is 7.17. The highest BCUT2D eigenvalue weighted by Crippen LogP contribution is 2.25. The van der Waals surface area contributed by atoms with E-state index >= 15 is 0 Å². The third-order valence-electron chi connectivity index (χ3n) is 1.85. The molecule has 0 atom stereocenters. The van der Waals surface area contributed by atoms with E-state index in [2.05, 4.69) is 37.8 Å². The number of nitrogens with zero attached hydrogens (tertiary/aromatic N) is 1. The van der Waals surface area contributed by atoms with Crippen molar-refractivity contribution in [3.8, 4) is 0 Å². The van der Waals surface area contributed by atoms with E-state index in [9.17, 15) is 0 Å². The predicted molar refractivity (Wildman–Crippen MR) is 60.1 cm³/mol. The van der Waals surface area contributed by atoms with Gasteiger partial charge in [-0.15, -0.1) is 0 Å². The Balaban J connectivity index is 2.58. The molecule has 2 nitrogen and oxygen atoms in total. The summed E-state index contributed by atoms with van der Waals surface area (Å²) in [6.07, 6.45) is 0. The minimum Gasteiger partial charge on any atom is -0.314 e. The molecule has 0 saturated heterocycles. The molecule has 0 saturated carbocycles. The van der Waals surface area contributed by atoms with Gasteiger partial charge in [-0.1, -0.05) is 15.9 Å². The van der Waals surface area contributed by atoms with E-state index in [4.69, 9.17) is 0 Å². The van der Waals surface area contributed by atoms with Crippen LogP contribution in [-0.2, 0) is 6.54 Å². The first-order valence-electron chi connectivity index (χ1n) is 3.99. The number of hydrogen-bond acceptors (Lipinski definition) is 3. The van der Waals surface area contributed by atoms with Crippen molar-refractivity contribution in [3.05, 3.63) is 28.4 Å². The van der Waals surface area contributed by atoms with E-state index < -0.39 is 0 Å². The monoisotopic (exact) mass is 256 g/mol. The van der Waals surface area contributed by atoms with E-state index in [0.29, 0.717) is 0 Å². The molecular weight excluding hydrogens is 248 g/mol. The molecule has 0 aliphatic carbocycles. The van der Waals surface area contributed by atoms with Gasteiger partial charge in [0.05, 0.1) is 10.4 Å². The fourth-order valence-corrected chi connectivity index (χ4v) is 2.39. The summed E-state index contributed by atoms with van der Waals surface area (Å²) in [5.74, 6) is 0. The summed E-state index contributed by atoms with van der Waals surface area (Å²) in [4.78, 5) is 0. The Morgan fingerprint density at radius 1 is 1.54 bits per heavy atom.